The Kier molecular flexibility index (Phi) is 6.01. The minimum Gasteiger partial charge on any atom is -0.394 e. The number of anilines is 1. The average molecular weight is 345 g/mol. The summed E-state index contributed by atoms with van der Waals surface area (Å²) in [5.41, 5.74) is 3.08. The predicted molar refractivity (Wildman–Crippen MR) is 98.2 cm³/mol. The fourth-order valence-electron chi connectivity index (χ4n) is 2.77. The SMILES string of the molecule is CSCC[C@@H](CO)Nc1nc(-c2cccnc2)nc2c1CCNC2. The molecule has 0 amide bonds. The van der Waals surface area contributed by atoms with Gasteiger partial charge in [0, 0.05) is 30.1 Å². The molecule has 1 aliphatic heterocycles. The molecule has 24 heavy (non-hydrogen) atoms. The van der Waals surface area contributed by atoms with Crippen LogP contribution < -0.4 is 10.6 Å². The number of aliphatic hydroxyl groups is 1. The molecular formula is C17H23N5OS. The molecule has 0 saturated heterocycles. The average Bonchev–Trinajstić information content (AvgIpc) is 2.65. The minimum atomic E-state index is 0.00749. The third kappa shape index (κ3) is 4.03. The van der Waals surface area contributed by atoms with E-state index in [0.717, 1.165) is 54.3 Å². The van der Waals surface area contributed by atoms with Crippen LogP contribution in [-0.2, 0) is 13.0 Å². The van der Waals surface area contributed by atoms with Crippen molar-refractivity contribution in [2.24, 2.45) is 0 Å². The van der Waals surface area contributed by atoms with Crippen LogP contribution in [0.3, 0.4) is 0 Å². The Labute approximate surface area is 146 Å². The Balaban J connectivity index is 1.94. The van der Waals surface area contributed by atoms with Gasteiger partial charge in [0.25, 0.3) is 0 Å². The van der Waals surface area contributed by atoms with Crippen LogP contribution >= 0.6 is 11.8 Å². The summed E-state index contributed by atoms with van der Waals surface area (Å²) < 4.78 is 0. The lowest BCUT2D eigenvalue weighted by Crippen LogP contribution is -2.30. The monoisotopic (exact) mass is 345 g/mol. The van der Waals surface area contributed by atoms with Crippen LogP contribution in [0.4, 0.5) is 5.82 Å². The Morgan fingerprint density at radius 3 is 3.08 bits per heavy atom. The second-order valence-corrected chi connectivity index (χ2v) is 6.78. The molecule has 0 saturated carbocycles. The van der Waals surface area contributed by atoms with Gasteiger partial charge in [0.15, 0.2) is 5.82 Å². The maximum absolute atomic E-state index is 9.67. The number of hydrogen-bond donors (Lipinski definition) is 3. The van der Waals surface area contributed by atoms with Crippen molar-refractivity contribution in [1.82, 2.24) is 20.3 Å². The van der Waals surface area contributed by atoms with Gasteiger partial charge in [-0.05, 0) is 43.5 Å². The van der Waals surface area contributed by atoms with E-state index in [0.29, 0.717) is 5.82 Å². The number of pyridine rings is 1. The van der Waals surface area contributed by atoms with Gasteiger partial charge in [0.2, 0.25) is 0 Å². The van der Waals surface area contributed by atoms with E-state index in [1.165, 1.54) is 0 Å². The van der Waals surface area contributed by atoms with Gasteiger partial charge in [0.1, 0.15) is 5.82 Å². The smallest absolute Gasteiger partial charge is 0.163 e. The quantitative estimate of drug-likeness (QED) is 0.704. The third-order valence-corrected chi connectivity index (χ3v) is 4.73. The Morgan fingerprint density at radius 2 is 2.33 bits per heavy atom. The molecule has 3 N–H and O–H groups in total. The van der Waals surface area contributed by atoms with Crippen LogP contribution in [0.5, 0.6) is 0 Å². The zero-order valence-corrected chi connectivity index (χ0v) is 14.6. The summed E-state index contributed by atoms with van der Waals surface area (Å²) >= 11 is 1.78. The number of nitrogens with one attached hydrogen (secondary N) is 2. The van der Waals surface area contributed by atoms with Crippen molar-refractivity contribution in [1.29, 1.82) is 0 Å². The first-order valence-corrected chi connectivity index (χ1v) is 9.58. The number of fused-ring (bicyclic) bond motifs is 1. The Bertz CT molecular complexity index is 668. The molecule has 0 fully saturated rings. The molecule has 6 nitrogen and oxygen atoms in total. The van der Waals surface area contributed by atoms with Crippen molar-refractivity contribution in [3.05, 3.63) is 35.8 Å². The van der Waals surface area contributed by atoms with E-state index in [1.807, 2.05) is 12.1 Å². The van der Waals surface area contributed by atoms with Gasteiger partial charge in [0.05, 0.1) is 18.3 Å². The van der Waals surface area contributed by atoms with Crippen LogP contribution in [0.1, 0.15) is 17.7 Å². The standard InChI is InChI=1S/C17H23N5OS/c1-24-8-5-13(11-23)20-17-14-4-7-19-10-15(14)21-16(22-17)12-3-2-6-18-9-12/h2-3,6,9,13,19,23H,4-5,7-8,10-11H2,1H3,(H,20,21,22)/t13-/m0/s1. The molecule has 128 valence electrons. The Morgan fingerprint density at radius 1 is 1.42 bits per heavy atom. The van der Waals surface area contributed by atoms with Gasteiger partial charge in [-0.3, -0.25) is 4.98 Å². The number of thioether (sulfide) groups is 1. The number of rotatable bonds is 7. The summed E-state index contributed by atoms with van der Waals surface area (Å²) in [5, 5.41) is 16.5. The molecule has 1 aliphatic rings. The molecule has 0 spiro atoms. The van der Waals surface area contributed by atoms with Crippen LogP contribution in [0.15, 0.2) is 24.5 Å². The zero-order chi connectivity index (χ0) is 16.8. The van der Waals surface area contributed by atoms with Crippen LogP contribution in [0.25, 0.3) is 11.4 Å². The lowest BCUT2D eigenvalue weighted by Gasteiger charge is -2.23. The van der Waals surface area contributed by atoms with Crippen molar-refractivity contribution in [2.45, 2.75) is 25.4 Å². The van der Waals surface area contributed by atoms with E-state index in [9.17, 15) is 5.11 Å². The maximum atomic E-state index is 9.67. The van der Waals surface area contributed by atoms with Crippen molar-refractivity contribution in [2.75, 3.05) is 30.5 Å². The van der Waals surface area contributed by atoms with E-state index in [-0.39, 0.29) is 12.6 Å². The fraction of sp³-hybridized carbons (Fsp3) is 0.471. The molecule has 0 aliphatic carbocycles. The molecule has 7 heteroatoms. The first-order chi connectivity index (χ1) is 11.8. The largest absolute Gasteiger partial charge is 0.394 e. The summed E-state index contributed by atoms with van der Waals surface area (Å²) in [6.07, 6.45) is 7.39. The highest BCUT2D eigenvalue weighted by molar-refractivity contribution is 7.98. The molecule has 0 unspecified atom stereocenters. The summed E-state index contributed by atoms with van der Waals surface area (Å²) in [4.78, 5) is 13.6. The summed E-state index contributed by atoms with van der Waals surface area (Å²) in [7, 11) is 0. The molecular weight excluding hydrogens is 322 g/mol. The van der Waals surface area contributed by atoms with Gasteiger partial charge in [-0.1, -0.05) is 0 Å². The number of nitrogens with zero attached hydrogens (tertiary/aromatic N) is 3. The first-order valence-electron chi connectivity index (χ1n) is 8.19. The van der Waals surface area contributed by atoms with Crippen molar-refractivity contribution >= 4 is 17.6 Å². The predicted octanol–water partition coefficient (Wildman–Crippen LogP) is 1.71. The van der Waals surface area contributed by atoms with Crippen molar-refractivity contribution in [3.8, 4) is 11.4 Å². The lowest BCUT2D eigenvalue weighted by molar-refractivity contribution is 0.272. The Hall–Kier alpha value is -1.70. The molecule has 0 bridgehead atoms. The molecule has 2 aromatic heterocycles. The van der Waals surface area contributed by atoms with Gasteiger partial charge >= 0.3 is 0 Å². The topological polar surface area (TPSA) is 83.0 Å². The number of hydrogen-bond acceptors (Lipinski definition) is 7. The second-order valence-electron chi connectivity index (χ2n) is 5.79. The second kappa shape index (κ2) is 8.41. The number of aliphatic hydroxyl groups excluding tert-OH is 1. The van der Waals surface area contributed by atoms with E-state index in [4.69, 9.17) is 9.97 Å². The van der Waals surface area contributed by atoms with Gasteiger partial charge < -0.3 is 15.7 Å². The lowest BCUT2D eigenvalue weighted by atomic mass is 10.1. The van der Waals surface area contributed by atoms with E-state index in [2.05, 4.69) is 21.9 Å². The summed E-state index contributed by atoms with van der Waals surface area (Å²) in [6, 6.07) is 3.86. The molecule has 3 heterocycles. The third-order valence-electron chi connectivity index (χ3n) is 4.09. The summed E-state index contributed by atoms with van der Waals surface area (Å²) in [5.74, 6) is 2.53. The highest BCUT2D eigenvalue weighted by Crippen LogP contribution is 2.25. The molecule has 2 aromatic rings. The first kappa shape index (κ1) is 17.1. The molecule has 0 radical (unpaired) electrons. The van der Waals surface area contributed by atoms with Crippen molar-refractivity contribution < 1.29 is 5.11 Å². The van der Waals surface area contributed by atoms with E-state index >= 15 is 0 Å². The summed E-state index contributed by atoms with van der Waals surface area (Å²) in [6.45, 7) is 1.76. The molecule has 3 rings (SSSR count). The van der Waals surface area contributed by atoms with E-state index in [1.54, 1.807) is 24.2 Å². The number of aromatic nitrogens is 3. The zero-order valence-electron chi connectivity index (χ0n) is 13.8. The van der Waals surface area contributed by atoms with Gasteiger partial charge in [-0.25, -0.2) is 9.97 Å². The van der Waals surface area contributed by atoms with Crippen molar-refractivity contribution in [3.63, 3.8) is 0 Å². The van der Waals surface area contributed by atoms with Gasteiger partial charge in [-0.15, -0.1) is 0 Å². The minimum absolute atomic E-state index is 0.00749. The van der Waals surface area contributed by atoms with Gasteiger partial charge in [-0.2, -0.15) is 11.8 Å². The van der Waals surface area contributed by atoms with E-state index < -0.39 is 0 Å². The van der Waals surface area contributed by atoms with Crippen LogP contribution in [0.2, 0.25) is 0 Å². The molecule has 1 atom stereocenters. The maximum Gasteiger partial charge on any atom is 0.163 e. The highest BCUT2D eigenvalue weighted by atomic mass is 32.2. The molecule has 0 aromatic carbocycles. The highest BCUT2D eigenvalue weighted by Gasteiger charge is 2.20. The fourth-order valence-corrected chi connectivity index (χ4v) is 3.29. The van der Waals surface area contributed by atoms with Crippen LogP contribution in [-0.4, -0.2) is 51.3 Å². The normalized spacial score (nSPS) is 14.9. The van der Waals surface area contributed by atoms with Crippen LogP contribution in [0, 0.1) is 0 Å².